The lowest BCUT2D eigenvalue weighted by Crippen LogP contribution is -2.05. The summed E-state index contributed by atoms with van der Waals surface area (Å²) < 4.78 is 5.08. The second-order valence-corrected chi connectivity index (χ2v) is 5.60. The van der Waals surface area contributed by atoms with E-state index in [2.05, 4.69) is 15.2 Å². The van der Waals surface area contributed by atoms with Crippen molar-refractivity contribution >= 4 is 23.0 Å². The summed E-state index contributed by atoms with van der Waals surface area (Å²) in [6, 6.07) is 14.6. The fraction of sp³-hybridized carbons (Fsp3) is 0.105. The highest BCUT2D eigenvalue weighted by molar-refractivity contribution is 6.03. The van der Waals surface area contributed by atoms with Crippen LogP contribution in [0.25, 0.3) is 11.3 Å². The van der Waals surface area contributed by atoms with Crippen molar-refractivity contribution in [2.75, 3.05) is 6.61 Å². The zero-order valence-electron chi connectivity index (χ0n) is 14.8. The van der Waals surface area contributed by atoms with Gasteiger partial charge in [0.1, 0.15) is 5.56 Å². The van der Waals surface area contributed by atoms with E-state index in [1.54, 1.807) is 37.3 Å². The number of carbonyl (C=O) groups excluding carboxylic acids is 1. The first-order valence-corrected chi connectivity index (χ1v) is 8.35. The van der Waals surface area contributed by atoms with Crippen LogP contribution < -0.4 is 0 Å². The van der Waals surface area contributed by atoms with Crippen LogP contribution in [0.5, 0.6) is 5.88 Å². The predicted molar refractivity (Wildman–Crippen MR) is 103 cm³/mol. The Morgan fingerprint density at radius 2 is 1.86 bits per heavy atom. The molecule has 0 fully saturated rings. The number of nitrogens with one attached hydrogen (secondary N) is 1. The number of hydrogen-bond donors (Lipinski definition) is 2. The van der Waals surface area contributed by atoms with E-state index in [1.165, 1.54) is 18.2 Å². The van der Waals surface area contributed by atoms with Crippen molar-refractivity contribution < 1.29 is 21.0 Å². The van der Waals surface area contributed by atoms with Gasteiger partial charge < -0.3 is 14.8 Å². The van der Waals surface area contributed by atoms with Gasteiger partial charge in [0.05, 0.1) is 17.2 Å². The van der Waals surface area contributed by atoms with Gasteiger partial charge in [-0.1, -0.05) is 42.5 Å². The number of carbonyl (C=O) groups is 1. The molecule has 1 aromatic heterocycles. The molecule has 2 N–H and O–H groups in total. The summed E-state index contributed by atoms with van der Waals surface area (Å²) in [6.07, 6.45) is 0. The van der Waals surface area contributed by atoms with Crippen LogP contribution in [0, 0.1) is 10.1 Å². The fourth-order valence-corrected chi connectivity index (χ4v) is 2.60. The molecular formula is C19H18N4O5. The lowest BCUT2D eigenvalue weighted by atomic mass is 10.1. The number of aromatic hydroxyl groups is 1. The average molecular weight is 382 g/mol. The zero-order valence-corrected chi connectivity index (χ0v) is 14.8. The third kappa shape index (κ3) is 3.73. The monoisotopic (exact) mass is 382 g/mol. The Balaban J connectivity index is 0.00000300. The summed E-state index contributed by atoms with van der Waals surface area (Å²) in [4.78, 5) is 25.7. The van der Waals surface area contributed by atoms with Gasteiger partial charge in [0.2, 0.25) is 5.88 Å². The zero-order chi connectivity index (χ0) is 20.1. The maximum Gasteiger partial charge on any atom is 0.342 e. The van der Waals surface area contributed by atoms with Crippen molar-refractivity contribution in [2.24, 2.45) is 10.2 Å². The summed E-state index contributed by atoms with van der Waals surface area (Å²) in [5, 5.41) is 29.2. The number of nitro groups is 1. The second kappa shape index (κ2) is 8.12. The maximum atomic E-state index is 12.5. The van der Waals surface area contributed by atoms with E-state index in [4.69, 9.17) is 4.74 Å². The number of nitrogens with zero attached hydrogens (tertiary/aromatic N) is 3. The number of ether oxygens (including phenoxy) is 1. The molecule has 9 heteroatoms. The Labute approximate surface area is 161 Å². The summed E-state index contributed by atoms with van der Waals surface area (Å²) in [5.41, 5.74) is 0.524. The minimum absolute atomic E-state index is 0. The van der Waals surface area contributed by atoms with Crippen LogP contribution in [0.1, 0.15) is 18.7 Å². The van der Waals surface area contributed by atoms with Crippen LogP contribution in [0.3, 0.4) is 0 Å². The Kier molecular flexibility index (Phi) is 5.45. The van der Waals surface area contributed by atoms with E-state index >= 15 is 0 Å². The van der Waals surface area contributed by atoms with Gasteiger partial charge in [-0.05, 0) is 18.6 Å². The van der Waals surface area contributed by atoms with Crippen molar-refractivity contribution in [3.63, 3.8) is 0 Å². The number of rotatable bonds is 6. The van der Waals surface area contributed by atoms with Crippen molar-refractivity contribution in [3.05, 3.63) is 70.3 Å². The van der Waals surface area contributed by atoms with Crippen molar-refractivity contribution in [1.29, 1.82) is 0 Å². The summed E-state index contributed by atoms with van der Waals surface area (Å²) in [5.74, 6) is -1.10. The topological polar surface area (TPSA) is 130 Å². The Morgan fingerprint density at radius 1 is 1.18 bits per heavy atom. The molecule has 0 radical (unpaired) electrons. The first kappa shape index (κ1) is 18.8. The van der Waals surface area contributed by atoms with E-state index in [-0.39, 0.29) is 30.7 Å². The Hall–Kier alpha value is -4.01. The molecule has 1 heterocycles. The minimum Gasteiger partial charge on any atom is -0.493 e. The van der Waals surface area contributed by atoms with E-state index in [9.17, 15) is 20.0 Å². The number of benzene rings is 2. The smallest absolute Gasteiger partial charge is 0.342 e. The second-order valence-electron chi connectivity index (χ2n) is 5.60. The van der Waals surface area contributed by atoms with Gasteiger partial charge in [-0.15, -0.1) is 10.2 Å². The SMILES string of the molecule is CCOC(=O)c1c(-c2ccccc2)[nH]c(O)c1N=Nc1ccccc1[N+](=O)[O-].[HH]. The average Bonchev–Trinajstić information content (AvgIpc) is 3.03. The first-order chi connectivity index (χ1) is 13.5. The highest BCUT2D eigenvalue weighted by atomic mass is 16.6. The lowest BCUT2D eigenvalue weighted by molar-refractivity contribution is -0.384. The van der Waals surface area contributed by atoms with Gasteiger partial charge in [0.15, 0.2) is 11.4 Å². The molecule has 0 aliphatic heterocycles. The number of azo groups is 1. The number of nitro benzene ring substituents is 1. The van der Waals surface area contributed by atoms with Crippen molar-refractivity contribution in [2.45, 2.75) is 6.92 Å². The van der Waals surface area contributed by atoms with Crippen LogP contribution in [0.15, 0.2) is 64.8 Å². The third-order valence-corrected chi connectivity index (χ3v) is 3.83. The summed E-state index contributed by atoms with van der Waals surface area (Å²) in [7, 11) is 0. The van der Waals surface area contributed by atoms with Crippen molar-refractivity contribution in [3.8, 4) is 17.1 Å². The summed E-state index contributed by atoms with van der Waals surface area (Å²) >= 11 is 0. The normalized spacial score (nSPS) is 10.9. The molecule has 0 unspecified atom stereocenters. The molecule has 0 saturated carbocycles. The molecule has 0 spiro atoms. The van der Waals surface area contributed by atoms with Crippen LogP contribution in [0.2, 0.25) is 0 Å². The van der Waals surface area contributed by atoms with Crippen LogP contribution in [-0.2, 0) is 4.74 Å². The molecule has 9 nitrogen and oxygen atoms in total. The molecule has 0 bridgehead atoms. The summed E-state index contributed by atoms with van der Waals surface area (Å²) in [6.45, 7) is 1.78. The Morgan fingerprint density at radius 3 is 2.54 bits per heavy atom. The molecule has 0 atom stereocenters. The lowest BCUT2D eigenvalue weighted by Gasteiger charge is -2.04. The van der Waals surface area contributed by atoms with Gasteiger partial charge >= 0.3 is 5.97 Å². The van der Waals surface area contributed by atoms with Crippen LogP contribution in [0.4, 0.5) is 17.1 Å². The van der Waals surface area contributed by atoms with Crippen LogP contribution >= 0.6 is 0 Å². The van der Waals surface area contributed by atoms with Crippen molar-refractivity contribution in [1.82, 2.24) is 4.98 Å². The third-order valence-electron chi connectivity index (χ3n) is 3.83. The van der Waals surface area contributed by atoms with E-state index < -0.39 is 16.8 Å². The largest absolute Gasteiger partial charge is 0.493 e. The van der Waals surface area contributed by atoms with Crippen LogP contribution in [-0.4, -0.2) is 27.6 Å². The van der Waals surface area contributed by atoms with Gasteiger partial charge in [-0.25, -0.2) is 4.79 Å². The quantitative estimate of drug-likeness (QED) is 0.264. The molecule has 0 amide bonds. The molecule has 28 heavy (non-hydrogen) atoms. The molecule has 144 valence electrons. The number of aromatic amines is 1. The number of H-pyrrole nitrogens is 1. The number of aromatic nitrogens is 1. The van der Waals surface area contributed by atoms with Gasteiger partial charge in [0, 0.05) is 7.49 Å². The maximum absolute atomic E-state index is 12.5. The minimum atomic E-state index is -0.700. The standard InChI is InChI=1S/C19H16N4O5.H2/c1-2-28-19(25)15-16(12-8-4-3-5-9-12)20-18(24)17(15)22-21-13-10-6-7-11-14(13)23(26)27;/h3-11,20,24H,2H2,1H3;1H. The molecular weight excluding hydrogens is 364 g/mol. The number of hydrogen-bond acceptors (Lipinski definition) is 7. The number of esters is 1. The highest BCUT2D eigenvalue weighted by Crippen LogP contribution is 2.40. The number of para-hydroxylation sites is 1. The van der Waals surface area contributed by atoms with E-state index in [0.29, 0.717) is 11.3 Å². The first-order valence-electron chi connectivity index (χ1n) is 8.35. The molecule has 3 rings (SSSR count). The Bertz CT molecular complexity index is 1050. The van der Waals surface area contributed by atoms with Gasteiger partial charge in [-0.3, -0.25) is 10.1 Å². The van der Waals surface area contributed by atoms with Gasteiger partial charge in [0.25, 0.3) is 5.69 Å². The molecule has 0 aliphatic carbocycles. The molecule has 0 saturated heterocycles. The molecule has 3 aromatic rings. The van der Waals surface area contributed by atoms with E-state index in [1.807, 2.05) is 6.07 Å². The molecule has 2 aromatic carbocycles. The predicted octanol–water partition coefficient (Wildman–Crippen LogP) is 5.13. The van der Waals surface area contributed by atoms with E-state index in [0.717, 1.165) is 0 Å². The fourth-order valence-electron chi connectivity index (χ4n) is 2.60. The highest BCUT2D eigenvalue weighted by Gasteiger charge is 2.26. The van der Waals surface area contributed by atoms with Gasteiger partial charge in [-0.2, -0.15) is 0 Å². The molecule has 0 aliphatic rings.